The van der Waals surface area contributed by atoms with Gasteiger partial charge in [-0.15, -0.1) is 0 Å². The highest BCUT2D eigenvalue weighted by atomic mass is 32.1. The summed E-state index contributed by atoms with van der Waals surface area (Å²) in [6.45, 7) is 0.490. The van der Waals surface area contributed by atoms with Crippen LogP contribution in [0.1, 0.15) is 33.8 Å². The number of anilines is 1. The van der Waals surface area contributed by atoms with Gasteiger partial charge in [-0.05, 0) is 41.8 Å². The van der Waals surface area contributed by atoms with Crippen LogP contribution in [0.25, 0.3) is 0 Å². The van der Waals surface area contributed by atoms with Gasteiger partial charge in [0.1, 0.15) is 0 Å². The molecule has 29 heavy (non-hydrogen) atoms. The van der Waals surface area contributed by atoms with Crippen molar-refractivity contribution in [2.75, 3.05) is 10.8 Å². The fraction of sp³-hybridized carbons (Fsp3) is 0.130. The SMILES string of the molecule is NC(=O)c1ccc(N(S)C(=O)NCCC(c2ccccc2)c2ccccc2)cc1. The quantitative estimate of drug-likeness (QED) is 0.511. The molecule has 0 unspecified atom stereocenters. The molecule has 0 spiro atoms. The molecular weight excluding hydrogens is 382 g/mol. The van der Waals surface area contributed by atoms with E-state index in [1.807, 2.05) is 36.4 Å². The molecule has 3 amide bonds. The second-order valence-corrected chi connectivity index (χ2v) is 7.02. The molecule has 0 aromatic heterocycles. The van der Waals surface area contributed by atoms with Gasteiger partial charge in [-0.25, -0.2) is 9.10 Å². The van der Waals surface area contributed by atoms with E-state index in [9.17, 15) is 9.59 Å². The highest BCUT2D eigenvalue weighted by molar-refractivity contribution is 7.82. The topological polar surface area (TPSA) is 75.4 Å². The zero-order chi connectivity index (χ0) is 20.6. The fourth-order valence-electron chi connectivity index (χ4n) is 3.18. The minimum atomic E-state index is -0.514. The number of nitrogens with zero attached hydrogens (tertiary/aromatic N) is 1. The number of urea groups is 1. The first-order valence-corrected chi connectivity index (χ1v) is 9.73. The predicted octanol–water partition coefficient (Wildman–Crippen LogP) is 4.37. The molecule has 3 aromatic carbocycles. The highest BCUT2D eigenvalue weighted by Crippen LogP contribution is 2.27. The molecule has 0 heterocycles. The smallest absolute Gasteiger partial charge is 0.331 e. The lowest BCUT2D eigenvalue weighted by Crippen LogP contribution is -2.35. The summed E-state index contributed by atoms with van der Waals surface area (Å²) in [5, 5.41) is 2.91. The normalized spacial score (nSPS) is 10.6. The third-order valence-corrected chi connectivity index (χ3v) is 5.11. The van der Waals surface area contributed by atoms with E-state index in [0.29, 0.717) is 17.8 Å². The Hall–Kier alpha value is -3.25. The summed E-state index contributed by atoms with van der Waals surface area (Å²) >= 11 is 4.27. The van der Waals surface area contributed by atoms with Crippen LogP contribution in [-0.4, -0.2) is 18.5 Å². The van der Waals surface area contributed by atoms with Crippen molar-refractivity contribution in [3.05, 3.63) is 102 Å². The Morgan fingerprint density at radius 1 is 0.862 bits per heavy atom. The summed E-state index contributed by atoms with van der Waals surface area (Å²) in [6.07, 6.45) is 0.752. The third kappa shape index (κ3) is 5.39. The van der Waals surface area contributed by atoms with E-state index in [2.05, 4.69) is 42.4 Å². The average molecular weight is 406 g/mol. The number of hydrogen-bond donors (Lipinski definition) is 3. The molecule has 0 bridgehead atoms. The van der Waals surface area contributed by atoms with Gasteiger partial charge in [0.05, 0.1) is 5.69 Å². The van der Waals surface area contributed by atoms with Crippen LogP contribution in [0, 0.1) is 0 Å². The molecule has 3 N–H and O–H groups in total. The van der Waals surface area contributed by atoms with Crippen molar-refractivity contribution in [1.82, 2.24) is 5.32 Å². The summed E-state index contributed by atoms with van der Waals surface area (Å²) in [6, 6.07) is 26.5. The van der Waals surface area contributed by atoms with Gasteiger partial charge in [0.15, 0.2) is 0 Å². The monoisotopic (exact) mass is 405 g/mol. The van der Waals surface area contributed by atoms with E-state index < -0.39 is 5.91 Å². The Labute approximate surface area is 176 Å². The molecule has 0 saturated carbocycles. The summed E-state index contributed by atoms with van der Waals surface area (Å²) in [5.74, 6) is -0.333. The van der Waals surface area contributed by atoms with E-state index >= 15 is 0 Å². The van der Waals surface area contributed by atoms with Gasteiger partial charge in [-0.2, -0.15) is 0 Å². The zero-order valence-electron chi connectivity index (χ0n) is 15.9. The number of benzene rings is 3. The van der Waals surface area contributed by atoms with E-state index in [1.165, 1.54) is 15.4 Å². The maximum atomic E-state index is 12.5. The minimum Gasteiger partial charge on any atom is -0.366 e. The Morgan fingerprint density at radius 2 is 1.38 bits per heavy atom. The van der Waals surface area contributed by atoms with Crippen LogP contribution < -0.4 is 15.4 Å². The van der Waals surface area contributed by atoms with Crippen LogP contribution in [0.2, 0.25) is 0 Å². The molecule has 0 atom stereocenters. The molecular formula is C23H23N3O2S. The summed E-state index contributed by atoms with van der Waals surface area (Å²) < 4.78 is 1.21. The molecule has 5 nitrogen and oxygen atoms in total. The van der Waals surface area contributed by atoms with Crippen molar-refractivity contribution in [1.29, 1.82) is 0 Å². The summed E-state index contributed by atoms with van der Waals surface area (Å²) in [5.41, 5.74) is 8.58. The largest absolute Gasteiger partial charge is 0.366 e. The van der Waals surface area contributed by atoms with Gasteiger partial charge in [-0.1, -0.05) is 73.5 Å². The first-order valence-electron chi connectivity index (χ1n) is 9.33. The van der Waals surface area contributed by atoms with Crippen LogP contribution in [0.5, 0.6) is 0 Å². The van der Waals surface area contributed by atoms with Gasteiger partial charge in [0.25, 0.3) is 0 Å². The predicted molar refractivity (Wildman–Crippen MR) is 119 cm³/mol. The van der Waals surface area contributed by atoms with Crippen molar-refractivity contribution in [3.8, 4) is 0 Å². The number of carbonyl (C=O) groups is 2. The van der Waals surface area contributed by atoms with E-state index in [4.69, 9.17) is 5.73 Å². The van der Waals surface area contributed by atoms with Crippen LogP contribution >= 0.6 is 12.8 Å². The number of carbonyl (C=O) groups excluding carboxylic acids is 2. The van der Waals surface area contributed by atoms with Crippen molar-refractivity contribution in [2.24, 2.45) is 5.73 Å². The molecule has 6 heteroatoms. The first kappa shape index (κ1) is 20.5. The Balaban J connectivity index is 1.63. The second kappa shape index (κ2) is 9.80. The summed E-state index contributed by atoms with van der Waals surface area (Å²) in [4.78, 5) is 23.6. The van der Waals surface area contributed by atoms with Gasteiger partial charge < -0.3 is 11.1 Å². The first-order chi connectivity index (χ1) is 14.1. The highest BCUT2D eigenvalue weighted by Gasteiger charge is 2.16. The van der Waals surface area contributed by atoms with Gasteiger partial charge in [0, 0.05) is 18.0 Å². The molecule has 3 aromatic rings. The van der Waals surface area contributed by atoms with Crippen LogP contribution in [0.15, 0.2) is 84.9 Å². The van der Waals surface area contributed by atoms with E-state index in [-0.39, 0.29) is 11.9 Å². The number of thiol groups is 1. The van der Waals surface area contributed by atoms with Gasteiger partial charge in [-0.3, -0.25) is 4.79 Å². The molecule has 0 saturated heterocycles. The van der Waals surface area contributed by atoms with Crippen LogP contribution in [0.3, 0.4) is 0 Å². The van der Waals surface area contributed by atoms with E-state index in [0.717, 1.165) is 6.42 Å². The minimum absolute atomic E-state index is 0.181. The van der Waals surface area contributed by atoms with Gasteiger partial charge >= 0.3 is 6.03 Å². The number of hydrogen-bond acceptors (Lipinski definition) is 3. The maximum absolute atomic E-state index is 12.5. The lowest BCUT2D eigenvalue weighted by Gasteiger charge is -2.20. The van der Waals surface area contributed by atoms with Gasteiger partial charge in [0.2, 0.25) is 5.91 Å². The third-order valence-electron chi connectivity index (χ3n) is 4.70. The Kier molecular flexibility index (Phi) is 6.92. The van der Waals surface area contributed by atoms with Crippen molar-refractivity contribution >= 4 is 30.4 Å². The van der Waals surface area contributed by atoms with Crippen molar-refractivity contribution in [3.63, 3.8) is 0 Å². The lowest BCUT2D eigenvalue weighted by molar-refractivity contribution is 0.100. The fourth-order valence-corrected chi connectivity index (χ4v) is 3.38. The van der Waals surface area contributed by atoms with Crippen LogP contribution in [-0.2, 0) is 0 Å². The standard InChI is InChI=1S/C23H23N3O2S/c24-22(27)19-11-13-20(14-12-19)26(29)23(28)25-16-15-21(17-7-3-1-4-8-17)18-9-5-2-6-10-18/h1-14,21,29H,15-16H2,(H2,24,27)(H,25,28). The summed E-state index contributed by atoms with van der Waals surface area (Å²) in [7, 11) is 0. The number of nitrogens with two attached hydrogens (primary N) is 1. The average Bonchev–Trinajstić information content (AvgIpc) is 2.77. The van der Waals surface area contributed by atoms with Crippen molar-refractivity contribution in [2.45, 2.75) is 12.3 Å². The number of amides is 3. The number of primary amides is 1. The molecule has 0 radical (unpaired) electrons. The van der Waals surface area contributed by atoms with Crippen LogP contribution in [0.4, 0.5) is 10.5 Å². The Morgan fingerprint density at radius 3 is 1.86 bits per heavy atom. The maximum Gasteiger partial charge on any atom is 0.331 e. The lowest BCUT2D eigenvalue weighted by atomic mass is 9.88. The van der Waals surface area contributed by atoms with E-state index in [1.54, 1.807) is 24.3 Å². The zero-order valence-corrected chi connectivity index (χ0v) is 16.8. The molecule has 0 aliphatic heterocycles. The molecule has 0 aliphatic carbocycles. The molecule has 148 valence electrons. The Bertz CT molecular complexity index is 907. The molecule has 0 aliphatic rings. The second-order valence-electron chi connectivity index (χ2n) is 6.62. The number of rotatable bonds is 7. The molecule has 3 rings (SSSR count). The number of nitrogens with one attached hydrogen (secondary N) is 1. The van der Waals surface area contributed by atoms with Crippen molar-refractivity contribution < 1.29 is 9.59 Å². The molecule has 0 fully saturated rings.